The predicted octanol–water partition coefficient (Wildman–Crippen LogP) is -0.692. The Morgan fingerprint density at radius 2 is 2.33 bits per heavy atom. The highest BCUT2D eigenvalue weighted by molar-refractivity contribution is 5.28. The van der Waals surface area contributed by atoms with Crippen molar-refractivity contribution in [3.05, 3.63) is 41.3 Å². The van der Waals surface area contributed by atoms with E-state index in [0.29, 0.717) is 5.69 Å². The summed E-state index contributed by atoms with van der Waals surface area (Å²) in [7, 11) is 0. The summed E-state index contributed by atoms with van der Waals surface area (Å²) in [6, 6.07) is 3.45. The first-order chi connectivity index (χ1) is 7.31. The van der Waals surface area contributed by atoms with E-state index in [1.165, 1.54) is 10.9 Å². The molecular formula is C8H8N6O. The molecule has 2 aromatic rings. The Labute approximate surface area is 84.6 Å². The standard InChI is InChI=1S/C8H8N6O/c9-13-7-11-5-14(8(15)12-7)6-2-1-3-10-4-6/h1-5H,9H2,(H,12,13,15). The lowest BCUT2D eigenvalue weighted by Gasteiger charge is -2.03. The minimum Gasteiger partial charge on any atom is -0.292 e. The number of hydrazine groups is 1. The molecule has 0 radical (unpaired) electrons. The molecule has 15 heavy (non-hydrogen) atoms. The number of aromatic nitrogens is 4. The van der Waals surface area contributed by atoms with E-state index >= 15 is 0 Å². The van der Waals surface area contributed by atoms with Crippen molar-refractivity contribution >= 4 is 5.95 Å². The van der Waals surface area contributed by atoms with Crippen LogP contribution in [0.5, 0.6) is 0 Å². The molecule has 76 valence electrons. The van der Waals surface area contributed by atoms with Crippen LogP contribution in [0, 0.1) is 0 Å². The molecule has 0 spiro atoms. The van der Waals surface area contributed by atoms with E-state index in [4.69, 9.17) is 5.84 Å². The molecule has 3 N–H and O–H groups in total. The van der Waals surface area contributed by atoms with Gasteiger partial charge in [0.1, 0.15) is 6.33 Å². The molecule has 2 aromatic heterocycles. The highest BCUT2D eigenvalue weighted by Gasteiger charge is 2.01. The van der Waals surface area contributed by atoms with Crippen molar-refractivity contribution in [3.8, 4) is 5.69 Å². The maximum absolute atomic E-state index is 11.5. The normalized spacial score (nSPS) is 9.93. The van der Waals surface area contributed by atoms with Crippen molar-refractivity contribution < 1.29 is 0 Å². The second-order valence-corrected chi connectivity index (χ2v) is 2.69. The third-order valence-electron chi connectivity index (χ3n) is 1.76. The van der Waals surface area contributed by atoms with E-state index in [2.05, 4.69) is 20.4 Å². The van der Waals surface area contributed by atoms with Gasteiger partial charge in [0.2, 0.25) is 5.95 Å². The molecule has 0 amide bonds. The third-order valence-corrected chi connectivity index (χ3v) is 1.76. The zero-order valence-electron chi connectivity index (χ0n) is 7.66. The lowest BCUT2D eigenvalue weighted by molar-refractivity contribution is 0.854. The summed E-state index contributed by atoms with van der Waals surface area (Å²) in [6.45, 7) is 0. The summed E-state index contributed by atoms with van der Waals surface area (Å²) < 4.78 is 1.27. The third kappa shape index (κ3) is 1.81. The highest BCUT2D eigenvalue weighted by atomic mass is 16.1. The van der Waals surface area contributed by atoms with Gasteiger partial charge >= 0.3 is 5.69 Å². The molecule has 7 heteroatoms. The van der Waals surface area contributed by atoms with Crippen LogP contribution >= 0.6 is 0 Å². The van der Waals surface area contributed by atoms with Crippen molar-refractivity contribution in [1.82, 2.24) is 19.5 Å². The molecule has 0 unspecified atom stereocenters. The number of pyridine rings is 1. The molecule has 0 atom stereocenters. The maximum Gasteiger partial charge on any atom is 0.356 e. The smallest absolute Gasteiger partial charge is 0.292 e. The number of nitrogens with zero attached hydrogens (tertiary/aromatic N) is 4. The number of hydrogen-bond donors (Lipinski definition) is 2. The number of nitrogens with one attached hydrogen (secondary N) is 1. The quantitative estimate of drug-likeness (QED) is 0.496. The largest absolute Gasteiger partial charge is 0.356 e. The molecule has 0 aliphatic carbocycles. The fraction of sp³-hybridized carbons (Fsp3) is 0. The SMILES string of the molecule is NNc1ncn(-c2cccnc2)c(=O)n1. The van der Waals surface area contributed by atoms with Gasteiger partial charge in [-0.1, -0.05) is 0 Å². The predicted molar refractivity (Wildman–Crippen MR) is 53.2 cm³/mol. The zero-order valence-corrected chi connectivity index (χ0v) is 7.66. The number of nitrogens with two attached hydrogens (primary N) is 1. The average Bonchev–Trinajstić information content (AvgIpc) is 2.30. The van der Waals surface area contributed by atoms with Gasteiger partial charge in [0.25, 0.3) is 0 Å². The number of anilines is 1. The summed E-state index contributed by atoms with van der Waals surface area (Å²) >= 11 is 0. The van der Waals surface area contributed by atoms with Gasteiger partial charge in [-0.2, -0.15) is 4.98 Å². The lowest BCUT2D eigenvalue weighted by Crippen LogP contribution is -2.25. The Bertz CT molecular complexity index is 508. The number of nitrogen functional groups attached to an aromatic ring is 1. The van der Waals surface area contributed by atoms with Gasteiger partial charge < -0.3 is 0 Å². The number of rotatable bonds is 2. The van der Waals surface area contributed by atoms with Crippen LogP contribution in [0.15, 0.2) is 35.6 Å². The first-order valence-corrected chi connectivity index (χ1v) is 4.14. The zero-order chi connectivity index (χ0) is 10.7. The van der Waals surface area contributed by atoms with Crippen molar-refractivity contribution in [2.45, 2.75) is 0 Å². The van der Waals surface area contributed by atoms with E-state index in [-0.39, 0.29) is 5.95 Å². The second kappa shape index (κ2) is 3.84. The van der Waals surface area contributed by atoms with Gasteiger partial charge in [0, 0.05) is 6.20 Å². The Balaban J connectivity index is 2.51. The van der Waals surface area contributed by atoms with Gasteiger partial charge in [-0.25, -0.2) is 20.2 Å². The Hall–Kier alpha value is -2.28. The van der Waals surface area contributed by atoms with Gasteiger partial charge in [-0.3, -0.25) is 10.4 Å². The van der Waals surface area contributed by atoms with E-state index < -0.39 is 5.69 Å². The topological polar surface area (TPSA) is 98.7 Å². The van der Waals surface area contributed by atoms with Crippen molar-refractivity contribution in [2.24, 2.45) is 5.84 Å². The average molecular weight is 204 g/mol. The molecule has 7 nitrogen and oxygen atoms in total. The van der Waals surface area contributed by atoms with Crippen LogP contribution in [0.4, 0.5) is 5.95 Å². The molecular weight excluding hydrogens is 196 g/mol. The first-order valence-electron chi connectivity index (χ1n) is 4.14. The Morgan fingerprint density at radius 1 is 1.47 bits per heavy atom. The summed E-state index contributed by atoms with van der Waals surface area (Å²) in [5.41, 5.74) is 2.33. The molecule has 0 aliphatic heterocycles. The molecule has 2 heterocycles. The fourth-order valence-electron chi connectivity index (χ4n) is 1.08. The number of hydrogen-bond acceptors (Lipinski definition) is 6. The molecule has 0 bridgehead atoms. The minimum absolute atomic E-state index is 0.0835. The lowest BCUT2D eigenvalue weighted by atomic mass is 10.4. The highest BCUT2D eigenvalue weighted by Crippen LogP contribution is 2.00. The Kier molecular flexibility index (Phi) is 2.38. The van der Waals surface area contributed by atoms with Gasteiger partial charge in [0.15, 0.2) is 0 Å². The van der Waals surface area contributed by atoms with Crippen molar-refractivity contribution in [2.75, 3.05) is 5.43 Å². The van der Waals surface area contributed by atoms with Gasteiger partial charge in [-0.05, 0) is 12.1 Å². The van der Waals surface area contributed by atoms with E-state index in [0.717, 1.165) is 0 Å². The summed E-state index contributed by atoms with van der Waals surface area (Å²) in [6.07, 6.45) is 4.49. The van der Waals surface area contributed by atoms with Crippen LogP contribution in [0.3, 0.4) is 0 Å². The summed E-state index contributed by atoms with van der Waals surface area (Å²) in [5.74, 6) is 5.16. The van der Waals surface area contributed by atoms with Crippen LogP contribution in [0.25, 0.3) is 5.69 Å². The minimum atomic E-state index is -0.467. The van der Waals surface area contributed by atoms with Crippen molar-refractivity contribution in [3.63, 3.8) is 0 Å². The van der Waals surface area contributed by atoms with Crippen LogP contribution in [0.2, 0.25) is 0 Å². The maximum atomic E-state index is 11.5. The molecule has 0 saturated heterocycles. The first kappa shape index (κ1) is 9.28. The second-order valence-electron chi connectivity index (χ2n) is 2.69. The fourth-order valence-corrected chi connectivity index (χ4v) is 1.08. The molecule has 0 saturated carbocycles. The van der Waals surface area contributed by atoms with E-state index in [1.807, 2.05) is 0 Å². The Morgan fingerprint density at radius 3 is 2.93 bits per heavy atom. The molecule has 0 aliphatic rings. The van der Waals surface area contributed by atoms with Gasteiger partial charge in [-0.15, -0.1) is 0 Å². The summed E-state index contributed by atoms with van der Waals surface area (Å²) in [5, 5.41) is 0. The van der Waals surface area contributed by atoms with Crippen LogP contribution < -0.4 is 17.0 Å². The molecule has 0 aromatic carbocycles. The van der Waals surface area contributed by atoms with Crippen LogP contribution in [-0.4, -0.2) is 19.5 Å². The molecule has 2 rings (SSSR count). The van der Waals surface area contributed by atoms with Gasteiger partial charge in [0.05, 0.1) is 11.9 Å². The van der Waals surface area contributed by atoms with Crippen LogP contribution in [0.1, 0.15) is 0 Å². The molecule has 0 fully saturated rings. The van der Waals surface area contributed by atoms with E-state index in [9.17, 15) is 4.79 Å². The summed E-state index contributed by atoms with van der Waals surface area (Å²) in [4.78, 5) is 22.8. The monoisotopic (exact) mass is 204 g/mol. The van der Waals surface area contributed by atoms with Crippen molar-refractivity contribution in [1.29, 1.82) is 0 Å². The van der Waals surface area contributed by atoms with Crippen LogP contribution in [-0.2, 0) is 0 Å². The van der Waals surface area contributed by atoms with E-state index in [1.54, 1.807) is 24.5 Å².